The number of carbonyl (C=O) groups is 1. The normalized spacial score (nSPS) is 14.1. The molecule has 0 fully saturated rings. The van der Waals surface area contributed by atoms with E-state index in [-0.39, 0.29) is 11.9 Å². The largest absolute Gasteiger partial charge is 0.444 e. The minimum atomic E-state index is -0.507. The summed E-state index contributed by atoms with van der Waals surface area (Å²) in [6.45, 7) is 7.73. The number of nitrogen functional groups attached to an aromatic ring is 1. The van der Waals surface area contributed by atoms with Crippen molar-refractivity contribution in [3.63, 3.8) is 0 Å². The Bertz CT molecular complexity index is 527. The van der Waals surface area contributed by atoms with Gasteiger partial charge in [0, 0.05) is 12.2 Å². The summed E-state index contributed by atoms with van der Waals surface area (Å²) in [5.41, 5.74) is 8.53. The van der Waals surface area contributed by atoms with Gasteiger partial charge in [-0.05, 0) is 57.5 Å². The Labute approximate surface area is 140 Å². The van der Waals surface area contributed by atoms with Gasteiger partial charge in [0.05, 0.1) is 6.10 Å². The number of rotatable bonds is 6. The first-order valence-electron chi connectivity index (χ1n) is 8.12. The maximum absolute atomic E-state index is 11.7. The molecule has 0 aromatic heterocycles. The molecular formula is C17H29BN2O3. The van der Waals surface area contributed by atoms with Crippen LogP contribution in [0.5, 0.6) is 0 Å². The molecule has 0 aliphatic heterocycles. The number of amides is 1. The van der Waals surface area contributed by atoms with Crippen LogP contribution < -0.4 is 11.1 Å². The molecule has 4 N–H and O–H groups in total. The van der Waals surface area contributed by atoms with E-state index >= 15 is 0 Å². The molecule has 1 amide bonds. The highest BCUT2D eigenvalue weighted by Crippen LogP contribution is 2.25. The summed E-state index contributed by atoms with van der Waals surface area (Å²) in [7, 11) is 2.02. The lowest BCUT2D eigenvalue weighted by Crippen LogP contribution is -2.35. The third-order valence-corrected chi connectivity index (χ3v) is 3.54. The standard InChI is InChI=1S/C17H29BN2O3/c1-11(21)8-9-12-6-5-7-13(15(12)19)14(18)10-20-16(22)23-17(2,3)4/h5-7,11,14,21H,8-10,18-19H2,1-4H3,(H,20,22). The molecule has 1 aromatic carbocycles. The van der Waals surface area contributed by atoms with Crippen LogP contribution in [0.3, 0.4) is 0 Å². The van der Waals surface area contributed by atoms with Gasteiger partial charge in [-0.15, -0.1) is 0 Å². The highest BCUT2D eigenvalue weighted by Gasteiger charge is 2.18. The van der Waals surface area contributed by atoms with Crippen LogP contribution in [0.1, 0.15) is 51.1 Å². The number of alkyl carbamates (subject to hydrolysis) is 1. The van der Waals surface area contributed by atoms with Crippen LogP contribution in [0, 0.1) is 0 Å². The first-order chi connectivity index (χ1) is 10.6. The average molecular weight is 320 g/mol. The highest BCUT2D eigenvalue weighted by atomic mass is 16.6. The summed E-state index contributed by atoms with van der Waals surface area (Å²) >= 11 is 0. The molecule has 0 aliphatic rings. The molecular weight excluding hydrogens is 291 g/mol. The summed E-state index contributed by atoms with van der Waals surface area (Å²) in [4.78, 5) is 11.7. The van der Waals surface area contributed by atoms with E-state index < -0.39 is 11.7 Å². The molecule has 0 aliphatic carbocycles. The van der Waals surface area contributed by atoms with Crippen molar-refractivity contribution in [2.24, 2.45) is 0 Å². The van der Waals surface area contributed by atoms with Crippen LogP contribution in [-0.2, 0) is 11.2 Å². The molecule has 1 aromatic rings. The fourth-order valence-electron chi connectivity index (χ4n) is 2.31. The Morgan fingerprint density at radius 3 is 2.65 bits per heavy atom. The first kappa shape index (κ1) is 19.4. The lowest BCUT2D eigenvalue weighted by Gasteiger charge is -2.22. The number of hydrogen-bond acceptors (Lipinski definition) is 4. The monoisotopic (exact) mass is 320 g/mol. The van der Waals surface area contributed by atoms with Gasteiger partial charge in [-0.2, -0.15) is 0 Å². The zero-order valence-corrected chi connectivity index (χ0v) is 14.8. The SMILES string of the molecule is BC(CNC(=O)OC(C)(C)C)c1cccc(CCC(C)O)c1N. The lowest BCUT2D eigenvalue weighted by molar-refractivity contribution is 0.0527. The summed E-state index contributed by atoms with van der Waals surface area (Å²) < 4.78 is 5.23. The fourth-order valence-corrected chi connectivity index (χ4v) is 2.31. The molecule has 23 heavy (non-hydrogen) atoms. The molecule has 5 nitrogen and oxygen atoms in total. The number of para-hydroxylation sites is 1. The number of aliphatic hydroxyl groups excluding tert-OH is 1. The van der Waals surface area contributed by atoms with Crippen LogP contribution in [0.4, 0.5) is 10.5 Å². The highest BCUT2D eigenvalue weighted by molar-refractivity contribution is 6.13. The molecule has 2 unspecified atom stereocenters. The second-order valence-corrected chi connectivity index (χ2v) is 7.09. The van der Waals surface area contributed by atoms with Crippen LogP contribution >= 0.6 is 0 Å². The van der Waals surface area contributed by atoms with E-state index in [0.717, 1.165) is 23.2 Å². The van der Waals surface area contributed by atoms with Crippen LogP contribution in [0.2, 0.25) is 0 Å². The fraction of sp³-hybridized carbons (Fsp3) is 0.588. The smallest absolute Gasteiger partial charge is 0.407 e. The van der Waals surface area contributed by atoms with Crippen molar-refractivity contribution in [1.82, 2.24) is 5.32 Å². The quantitative estimate of drug-likeness (QED) is 0.551. The summed E-state index contributed by atoms with van der Waals surface area (Å²) in [5, 5.41) is 12.2. The van der Waals surface area contributed by atoms with Crippen molar-refractivity contribution in [2.45, 2.75) is 58.1 Å². The lowest BCUT2D eigenvalue weighted by atomic mass is 9.79. The molecule has 1 rings (SSSR count). The Morgan fingerprint density at radius 1 is 1.43 bits per heavy atom. The van der Waals surface area contributed by atoms with Crippen LogP contribution in [0.15, 0.2) is 18.2 Å². The van der Waals surface area contributed by atoms with Gasteiger partial charge in [-0.1, -0.05) is 18.2 Å². The topological polar surface area (TPSA) is 84.6 Å². The molecule has 0 radical (unpaired) electrons. The van der Waals surface area contributed by atoms with E-state index in [9.17, 15) is 9.90 Å². The van der Waals surface area contributed by atoms with E-state index in [0.29, 0.717) is 13.0 Å². The van der Waals surface area contributed by atoms with Gasteiger partial charge >= 0.3 is 6.09 Å². The van der Waals surface area contributed by atoms with Gasteiger partial charge in [0.1, 0.15) is 13.4 Å². The van der Waals surface area contributed by atoms with Crippen molar-refractivity contribution in [2.75, 3.05) is 12.3 Å². The van der Waals surface area contributed by atoms with Crippen molar-refractivity contribution in [1.29, 1.82) is 0 Å². The average Bonchev–Trinajstić information content (AvgIpc) is 2.41. The second-order valence-electron chi connectivity index (χ2n) is 7.09. The van der Waals surface area contributed by atoms with Crippen molar-refractivity contribution in [3.05, 3.63) is 29.3 Å². The van der Waals surface area contributed by atoms with Gasteiger partial charge in [-0.25, -0.2) is 4.79 Å². The van der Waals surface area contributed by atoms with Crippen molar-refractivity contribution >= 4 is 19.6 Å². The van der Waals surface area contributed by atoms with Crippen LogP contribution in [0.25, 0.3) is 0 Å². The Morgan fingerprint density at radius 2 is 2.09 bits per heavy atom. The van der Waals surface area contributed by atoms with Gasteiger partial charge < -0.3 is 20.9 Å². The molecule has 6 heteroatoms. The molecule has 0 saturated carbocycles. The number of hydrogen-bond donors (Lipinski definition) is 3. The molecule has 0 spiro atoms. The van der Waals surface area contributed by atoms with E-state index in [2.05, 4.69) is 5.32 Å². The maximum atomic E-state index is 11.7. The Balaban J connectivity index is 2.67. The number of nitrogens with two attached hydrogens (primary N) is 1. The predicted molar refractivity (Wildman–Crippen MR) is 96.4 cm³/mol. The number of carbonyl (C=O) groups excluding carboxylic acids is 1. The molecule has 128 valence electrons. The molecule has 2 atom stereocenters. The Kier molecular flexibility index (Phi) is 6.94. The minimum absolute atomic E-state index is 0.0778. The van der Waals surface area contributed by atoms with Gasteiger partial charge in [0.15, 0.2) is 0 Å². The zero-order chi connectivity index (χ0) is 17.6. The van der Waals surface area contributed by atoms with Gasteiger partial charge in [0.2, 0.25) is 0 Å². The van der Waals surface area contributed by atoms with E-state index in [1.54, 1.807) is 6.92 Å². The second kappa shape index (κ2) is 8.25. The summed E-state index contributed by atoms with van der Waals surface area (Å²) in [5.74, 6) is 0.0778. The Hall–Kier alpha value is -1.69. The van der Waals surface area contributed by atoms with Gasteiger partial charge in [-0.3, -0.25) is 0 Å². The number of aryl methyl sites for hydroxylation is 1. The summed E-state index contributed by atoms with van der Waals surface area (Å²) in [6, 6.07) is 5.92. The number of nitrogens with one attached hydrogen (secondary N) is 1. The number of ether oxygens (including phenoxy) is 1. The number of aliphatic hydroxyl groups is 1. The van der Waals surface area contributed by atoms with E-state index in [1.165, 1.54) is 0 Å². The number of anilines is 1. The first-order valence-corrected chi connectivity index (χ1v) is 8.12. The number of benzene rings is 1. The maximum Gasteiger partial charge on any atom is 0.407 e. The zero-order valence-electron chi connectivity index (χ0n) is 14.8. The van der Waals surface area contributed by atoms with Crippen LogP contribution in [-0.4, -0.2) is 37.3 Å². The molecule has 0 saturated heterocycles. The molecule has 0 heterocycles. The third kappa shape index (κ3) is 6.95. The van der Waals surface area contributed by atoms with Gasteiger partial charge in [0.25, 0.3) is 0 Å². The van der Waals surface area contributed by atoms with E-state index in [1.807, 2.05) is 46.8 Å². The summed E-state index contributed by atoms with van der Waals surface area (Å²) in [6.07, 6.45) is 0.652. The minimum Gasteiger partial charge on any atom is -0.444 e. The van der Waals surface area contributed by atoms with Crippen molar-refractivity contribution in [3.8, 4) is 0 Å². The van der Waals surface area contributed by atoms with Crippen molar-refractivity contribution < 1.29 is 14.6 Å². The van der Waals surface area contributed by atoms with E-state index in [4.69, 9.17) is 10.5 Å². The predicted octanol–water partition coefficient (Wildman–Crippen LogP) is 1.78. The molecule has 0 bridgehead atoms. The third-order valence-electron chi connectivity index (χ3n) is 3.54.